The molecule has 0 fully saturated rings. The van der Waals surface area contributed by atoms with Gasteiger partial charge in [0, 0.05) is 0 Å². The first kappa shape index (κ1) is 15.3. The van der Waals surface area contributed by atoms with Crippen LogP contribution in [0.2, 0.25) is 0 Å². The van der Waals surface area contributed by atoms with E-state index >= 15 is 0 Å². The zero-order valence-corrected chi connectivity index (χ0v) is 12.0. The van der Waals surface area contributed by atoms with E-state index < -0.39 is 17.3 Å². The number of amides is 1. The van der Waals surface area contributed by atoms with Crippen LogP contribution in [-0.2, 0) is 11.2 Å². The Morgan fingerprint density at radius 2 is 2.14 bits per heavy atom. The van der Waals surface area contributed by atoms with E-state index in [0.29, 0.717) is 17.1 Å². The summed E-state index contributed by atoms with van der Waals surface area (Å²) in [6.07, 6.45) is -1.91. The number of anilines is 1. The van der Waals surface area contributed by atoms with E-state index in [1.807, 2.05) is 25.1 Å². The van der Waals surface area contributed by atoms with Crippen molar-refractivity contribution in [1.29, 1.82) is 0 Å². The standard InChI is InChI=1S/C13H13F2N3O2S/c1-2-8-5-3-4-6-9(8)20-7-10(19)16-13-18-17-12(21-13)11(14)15/h3-6,11H,2,7H2,1H3,(H,16,18,19). The molecule has 1 amide bonds. The van der Waals surface area contributed by atoms with Crippen molar-refractivity contribution in [2.24, 2.45) is 0 Å². The molecule has 0 saturated heterocycles. The van der Waals surface area contributed by atoms with Gasteiger partial charge in [-0.2, -0.15) is 0 Å². The Hall–Kier alpha value is -2.09. The largest absolute Gasteiger partial charge is 0.483 e. The van der Waals surface area contributed by atoms with Gasteiger partial charge in [0.25, 0.3) is 12.3 Å². The summed E-state index contributed by atoms with van der Waals surface area (Å²) in [5, 5.41) is 8.72. The van der Waals surface area contributed by atoms with Gasteiger partial charge < -0.3 is 4.74 Å². The molecule has 0 aliphatic rings. The fraction of sp³-hybridized carbons (Fsp3) is 0.308. The Morgan fingerprint density at radius 3 is 2.81 bits per heavy atom. The third-order valence-corrected chi connectivity index (χ3v) is 3.43. The van der Waals surface area contributed by atoms with Crippen LogP contribution in [0.15, 0.2) is 24.3 Å². The molecule has 0 aliphatic heterocycles. The van der Waals surface area contributed by atoms with Gasteiger partial charge in [0.15, 0.2) is 11.6 Å². The van der Waals surface area contributed by atoms with E-state index in [1.165, 1.54) is 0 Å². The number of benzene rings is 1. The molecular formula is C13H13F2N3O2S. The van der Waals surface area contributed by atoms with Gasteiger partial charge in [0.2, 0.25) is 5.13 Å². The summed E-state index contributed by atoms with van der Waals surface area (Å²) in [5.74, 6) is 0.151. The molecule has 0 unspecified atom stereocenters. The molecule has 1 heterocycles. The number of rotatable bonds is 6. The summed E-state index contributed by atoms with van der Waals surface area (Å²) in [4.78, 5) is 11.7. The lowest BCUT2D eigenvalue weighted by Gasteiger charge is -2.09. The molecule has 0 bridgehead atoms. The van der Waals surface area contributed by atoms with Crippen molar-refractivity contribution in [3.05, 3.63) is 34.8 Å². The van der Waals surface area contributed by atoms with Crippen molar-refractivity contribution in [2.45, 2.75) is 19.8 Å². The van der Waals surface area contributed by atoms with Crippen molar-refractivity contribution in [3.63, 3.8) is 0 Å². The van der Waals surface area contributed by atoms with E-state index in [-0.39, 0.29) is 11.7 Å². The first-order chi connectivity index (χ1) is 10.1. The van der Waals surface area contributed by atoms with Crippen molar-refractivity contribution in [2.75, 3.05) is 11.9 Å². The number of nitrogens with zero attached hydrogens (tertiary/aromatic N) is 2. The number of ether oxygens (including phenoxy) is 1. The zero-order valence-electron chi connectivity index (χ0n) is 11.2. The molecular weight excluding hydrogens is 300 g/mol. The van der Waals surface area contributed by atoms with Crippen LogP contribution < -0.4 is 10.1 Å². The number of para-hydroxylation sites is 1. The predicted molar refractivity (Wildman–Crippen MR) is 74.8 cm³/mol. The summed E-state index contributed by atoms with van der Waals surface area (Å²) >= 11 is 0.639. The van der Waals surface area contributed by atoms with Crippen molar-refractivity contribution < 1.29 is 18.3 Å². The van der Waals surface area contributed by atoms with Gasteiger partial charge in [-0.1, -0.05) is 36.5 Å². The Morgan fingerprint density at radius 1 is 1.38 bits per heavy atom. The predicted octanol–water partition coefficient (Wildman–Crippen LogP) is 3.06. The highest BCUT2D eigenvalue weighted by Gasteiger charge is 2.15. The maximum atomic E-state index is 12.3. The number of hydrogen-bond donors (Lipinski definition) is 1. The monoisotopic (exact) mass is 313 g/mol. The SMILES string of the molecule is CCc1ccccc1OCC(=O)Nc1nnc(C(F)F)s1. The summed E-state index contributed by atoms with van der Waals surface area (Å²) in [7, 11) is 0. The normalized spacial score (nSPS) is 10.7. The second-order valence-corrected chi connectivity index (χ2v) is 5.05. The van der Waals surface area contributed by atoms with Gasteiger partial charge in [-0.25, -0.2) is 8.78 Å². The summed E-state index contributed by atoms with van der Waals surface area (Å²) in [6, 6.07) is 7.38. The number of carbonyl (C=O) groups excluding carboxylic acids is 1. The maximum absolute atomic E-state index is 12.3. The summed E-state index contributed by atoms with van der Waals surface area (Å²) in [6.45, 7) is 1.76. The van der Waals surface area contributed by atoms with Crippen LogP contribution >= 0.6 is 11.3 Å². The highest BCUT2D eigenvalue weighted by atomic mass is 32.1. The smallest absolute Gasteiger partial charge is 0.291 e. The van der Waals surface area contributed by atoms with Crippen LogP contribution in [0, 0.1) is 0 Å². The van der Waals surface area contributed by atoms with Gasteiger partial charge >= 0.3 is 0 Å². The number of aryl methyl sites for hydroxylation is 1. The Kier molecular flexibility index (Phi) is 5.15. The molecule has 21 heavy (non-hydrogen) atoms. The summed E-state index contributed by atoms with van der Waals surface area (Å²) in [5.41, 5.74) is 0.987. The minimum absolute atomic E-state index is 0.0303. The first-order valence-electron chi connectivity index (χ1n) is 6.22. The van der Waals surface area contributed by atoms with Crippen LogP contribution in [-0.4, -0.2) is 22.7 Å². The van der Waals surface area contributed by atoms with Gasteiger partial charge in [-0.3, -0.25) is 10.1 Å². The van der Waals surface area contributed by atoms with E-state index in [1.54, 1.807) is 6.07 Å². The quantitative estimate of drug-likeness (QED) is 0.890. The molecule has 112 valence electrons. The lowest BCUT2D eigenvalue weighted by molar-refractivity contribution is -0.118. The van der Waals surface area contributed by atoms with Crippen molar-refractivity contribution >= 4 is 22.4 Å². The molecule has 0 spiro atoms. The van der Waals surface area contributed by atoms with Crippen molar-refractivity contribution in [1.82, 2.24) is 10.2 Å². The van der Waals surface area contributed by atoms with Gasteiger partial charge in [-0.05, 0) is 18.1 Å². The lowest BCUT2D eigenvalue weighted by atomic mass is 10.1. The molecule has 5 nitrogen and oxygen atoms in total. The van der Waals surface area contributed by atoms with Crippen LogP contribution in [0.1, 0.15) is 23.9 Å². The third kappa shape index (κ3) is 4.19. The zero-order chi connectivity index (χ0) is 15.2. The third-order valence-electron chi connectivity index (χ3n) is 2.59. The number of carbonyl (C=O) groups is 1. The average molecular weight is 313 g/mol. The van der Waals surface area contributed by atoms with Crippen LogP contribution in [0.25, 0.3) is 0 Å². The number of aromatic nitrogens is 2. The Bertz CT molecular complexity index is 619. The highest BCUT2D eigenvalue weighted by Crippen LogP contribution is 2.25. The van der Waals surface area contributed by atoms with E-state index in [9.17, 15) is 13.6 Å². The van der Waals surface area contributed by atoms with E-state index in [0.717, 1.165) is 12.0 Å². The van der Waals surface area contributed by atoms with Crippen LogP contribution in [0.4, 0.5) is 13.9 Å². The van der Waals surface area contributed by atoms with Gasteiger partial charge in [-0.15, -0.1) is 10.2 Å². The lowest BCUT2D eigenvalue weighted by Crippen LogP contribution is -2.20. The highest BCUT2D eigenvalue weighted by molar-refractivity contribution is 7.15. The minimum atomic E-state index is -2.69. The van der Waals surface area contributed by atoms with Gasteiger partial charge in [0.1, 0.15) is 5.75 Å². The molecule has 0 aliphatic carbocycles. The number of alkyl halides is 2. The second-order valence-electron chi connectivity index (χ2n) is 4.04. The fourth-order valence-corrected chi connectivity index (χ4v) is 2.22. The molecule has 0 radical (unpaired) electrons. The topological polar surface area (TPSA) is 64.1 Å². The minimum Gasteiger partial charge on any atom is -0.483 e. The molecule has 1 aromatic carbocycles. The molecule has 0 atom stereocenters. The van der Waals surface area contributed by atoms with E-state index in [4.69, 9.17) is 4.74 Å². The molecule has 0 saturated carbocycles. The molecule has 8 heteroatoms. The van der Waals surface area contributed by atoms with Crippen LogP contribution in [0.5, 0.6) is 5.75 Å². The molecule has 2 aromatic rings. The van der Waals surface area contributed by atoms with Gasteiger partial charge in [0.05, 0.1) is 0 Å². The fourth-order valence-electron chi connectivity index (χ4n) is 1.61. The van der Waals surface area contributed by atoms with Crippen molar-refractivity contribution in [3.8, 4) is 5.75 Å². The molecule has 2 rings (SSSR count). The maximum Gasteiger partial charge on any atom is 0.291 e. The number of halogens is 2. The number of hydrogen-bond acceptors (Lipinski definition) is 5. The number of nitrogens with one attached hydrogen (secondary N) is 1. The van der Waals surface area contributed by atoms with E-state index in [2.05, 4.69) is 15.5 Å². The molecule has 1 aromatic heterocycles. The average Bonchev–Trinajstić information content (AvgIpc) is 2.94. The summed E-state index contributed by atoms with van der Waals surface area (Å²) < 4.78 is 30.1. The Labute approximate surface area is 124 Å². The van der Waals surface area contributed by atoms with Crippen LogP contribution in [0.3, 0.4) is 0 Å². The second kappa shape index (κ2) is 7.07. The first-order valence-corrected chi connectivity index (χ1v) is 7.04. The Balaban J connectivity index is 1.89. The molecule has 1 N–H and O–H groups in total.